The van der Waals surface area contributed by atoms with Gasteiger partial charge in [0.15, 0.2) is 6.10 Å². The quantitative estimate of drug-likeness (QED) is 0.570. The van der Waals surface area contributed by atoms with Crippen LogP contribution in [0.3, 0.4) is 0 Å². The number of carbonyl (C=O) groups excluding carboxylic acids is 1. The average Bonchev–Trinajstić information content (AvgIpc) is 2.65. The Hall–Kier alpha value is -2.08. The van der Waals surface area contributed by atoms with Gasteiger partial charge in [-0.05, 0) is 43.3 Å². The molecule has 0 aromatic heterocycles. The van der Waals surface area contributed by atoms with Crippen molar-refractivity contribution >= 4 is 23.2 Å². The van der Waals surface area contributed by atoms with Crippen LogP contribution in [0.2, 0.25) is 5.02 Å². The first-order chi connectivity index (χ1) is 12.6. The van der Waals surface area contributed by atoms with Gasteiger partial charge in [0, 0.05) is 30.9 Å². The van der Waals surface area contributed by atoms with E-state index in [1.54, 1.807) is 36.3 Å². The number of hydrogen-bond donors (Lipinski definition) is 1. The molecular weight excluding hydrogens is 352 g/mol. The molecule has 3 rings (SSSR count). The lowest BCUT2D eigenvalue weighted by Crippen LogP contribution is -2.70. The minimum absolute atomic E-state index is 0.0395. The van der Waals surface area contributed by atoms with Gasteiger partial charge in [0.1, 0.15) is 5.75 Å². The molecular formula is C20H23ClN2O3. The largest absolute Gasteiger partial charge is 0.478 e. The highest BCUT2D eigenvalue weighted by atomic mass is 35.5. The summed E-state index contributed by atoms with van der Waals surface area (Å²) in [5.74, 6) is 0.598. The molecule has 0 bridgehead atoms. The van der Waals surface area contributed by atoms with Crippen molar-refractivity contribution in [2.75, 3.05) is 31.7 Å². The molecule has 2 atom stereocenters. The molecule has 1 heterocycles. The maximum atomic E-state index is 12.7. The van der Waals surface area contributed by atoms with Crippen LogP contribution in [0, 0.1) is 6.92 Å². The Morgan fingerprint density at radius 3 is 2.46 bits per heavy atom. The number of rotatable bonds is 8. The SMILES string of the molecule is COCCNC[C@@H]1[C@@H](Oc2ccc(Cl)cc2)C(=O)N1c1ccc(C)cc1. The smallest absolute Gasteiger partial charge is 0.270 e. The summed E-state index contributed by atoms with van der Waals surface area (Å²) in [5.41, 5.74) is 2.04. The molecule has 6 heteroatoms. The zero-order valence-electron chi connectivity index (χ0n) is 14.9. The second kappa shape index (κ2) is 8.54. The lowest BCUT2D eigenvalue weighted by Gasteiger charge is -2.46. The summed E-state index contributed by atoms with van der Waals surface area (Å²) in [6.45, 7) is 3.99. The van der Waals surface area contributed by atoms with E-state index in [1.165, 1.54) is 0 Å². The standard InChI is InChI=1S/C20H23ClN2O3/c1-14-3-7-16(8-4-14)23-18(13-22-11-12-25-2)19(20(23)24)26-17-9-5-15(21)6-10-17/h3-10,18-19,22H,11-13H2,1-2H3/t18-,19-/m1/s1. The number of amides is 1. The first-order valence-electron chi connectivity index (χ1n) is 8.62. The number of β-lactam (4-membered cyclic amide) rings is 1. The summed E-state index contributed by atoms with van der Waals surface area (Å²) in [6.07, 6.45) is -0.521. The molecule has 1 amide bonds. The second-order valence-electron chi connectivity index (χ2n) is 6.30. The van der Waals surface area contributed by atoms with Crippen molar-refractivity contribution in [2.24, 2.45) is 0 Å². The van der Waals surface area contributed by atoms with Crippen LogP contribution in [0.15, 0.2) is 48.5 Å². The fraction of sp³-hybridized carbons (Fsp3) is 0.350. The average molecular weight is 375 g/mol. The van der Waals surface area contributed by atoms with Crippen LogP contribution in [0.5, 0.6) is 5.75 Å². The maximum absolute atomic E-state index is 12.7. The molecule has 1 saturated heterocycles. The van der Waals surface area contributed by atoms with Crippen molar-refractivity contribution in [2.45, 2.75) is 19.1 Å². The van der Waals surface area contributed by atoms with Crippen LogP contribution in [0.1, 0.15) is 5.56 Å². The summed E-state index contributed by atoms with van der Waals surface area (Å²) in [6, 6.07) is 14.9. The van der Waals surface area contributed by atoms with Gasteiger partial charge in [0.05, 0.1) is 12.6 Å². The number of benzene rings is 2. The molecule has 2 aromatic rings. The highest BCUT2D eigenvalue weighted by Gasteiger charge is 2.49. The number of aryl methyl sites for hydroxylation is 1. The topological polar surface area (TPSA) is 50.8 Å². The van der Waals surface area contributed by atoms with Gasteiger partial charge < -0.3 is 19.7 Å². The maximum Gasteiger partial charge on any atom is 0.270 e. The zero-order chi connectivity index (χ0) is 18.5. The Kier molecular flexibility index (Phi) is 6.14. The molecule has 0 aliphatic carbocycles. The molecule has 1 aliphatic heterocycles. The number of halogens is 1. The molecule has 1 N–H and O–H groups in total. The van der Waals surface area contributed by atoms with E-state index in [9.17, 15) is 4.79 Å². The highest BCUT2D eigenvalue weighted by molar-refractivity contribution is 6.30. The normalized spacial score (nSPS) is 19.3. The first-order valence-corrected chi connectivity index (χ1v) is 8.99. The van der Waals surface area contributed by atoms with Gasteiger partial charge in [-0.25, -0.2) is 0 Å². The van der Waals surface area contributed by atoms with Crippen LogP contribution in [-0.2, 0) is 9.53 Å². The number of carbonyl (C=O) groups is 1. The summed E-state index contributed by atoms with van der Waals surface area (Å²) >= 11 is 5.92. The van der Waals surface area contributed by atoms with Crippen molar-refractivity contribution in [3.8, 4) is 5.75 Å². The third-order valence-corrected chi connectivity index (χ3v) is 4.64. The van der Waals surface area contributed by atoms with Gasteiger partial charge in [-0.1, -0.05) is 29.3 Å². The van der Waals surface area contributed by atoms with E-state index >= 15 is 0 Å². The predicted octanol–water partition coefficient (Wildman–Crippen LogP) is 3.05. The van der Waals surface area contributed by atoms with E-state index in [1.807, 2.05) is 31.2 Å². The van der Waals surface area contributed by atoms with Crippen molar-refractivity contribution < 1.29 is 14.3 Å². The van der Waals surface area contributed by atoms with E-state index < -0.39 is 6.10 Å². The Balaban J connectivity index is 1.73. The Morgan fingerprint density at radius 2 is 1.81 bits per heavy atom. The molecule has 2 aromatic carbocycles. The zero-order valence-corrected chi connectivity index (χ0v) is 15.7. The Morgan fingerprint density at radius 1 is 1.12 bits per heavy atom. The fourth-order valence-corrected chi connectivity index (χ4v) is 3.08. The van der Waals surface area contributed by atoms with Crippen LogP contribution in [0.25, 0.3) is 0 Å². The van der Waals surface area contributed by atoms with Gasteiger partial charge in [-0.2, -0.15) is 0 Å². The third-order valence-electron chi connectivity index (χ3n) is 4.39. The van der Waals surface area contributed by atoms with Crippen molar-refractivity contribution in [1.82, 2.24) is 5.32 Å². The first kappa shape index (κ1) is 18.7. The number of nitrogens with zero attached hydrogens (tertiary/aromatic N) is 1. The molecule has 0 spiro atoms. The number of hydrogen-bond acceptors (Lipinski definition) is 4. The number of methoxy groups -OCH3 is 1. The summed E-state index contributed by atoms with van der Waals surface area (Å²) in [7, 11) is 1.67. The van der Waals surface area contributed by atoms with Crippen LogP contribution in [-0.4, -0.2) is 44.9 Å². The van der Waals surface area contributed by atoms with E-state index in [4.69, 9.17) is 21.1 Å². The van der Waals surface area contributed by atoms with E-state index in [-0.39, 0.29) is 11.9 Å². The van der Waals surface area contributed by atoms with Crippen LogP contribution in [0.4, 0.5) is 5.69 Å². The Bertz CT molecular complexity index is 734. The van der Waals surface area contributed by atoms with Gasteiger partial charge in [-0.3, -0.25) is 4.79 Å². The molecule has 138 valence electrons. The summed E-state index contributed by atoms with van der Waals surface area (Å²) in [4.78, 5) is 14.5. The van der Waals surface area contributed by atoms with Crippen molar-refractivity contribution in [3.63, 3.8) is 0 Å². The summed E-state index contributed by atoms with van der Waals surface area (Å²) < 4.78 is 11.0. The van der Waals surface area contributed by atoms with E-state index in [2.05, 4.69) is 5.32 Å². The lowest BCUT2D eigenvalue weighted by molar-refractivity contribution is -0.134. The van der Waals surface area contributed by atoms with Crippen LogP contribution < -0.4 is 15.0 Å². The van der Waals surface area contributed by atoms with E-state index in [0.717, 1.165) is 17.8 Å². The van der Waals surface area contributed by atoms with Gasteiger partial charge >= 0.3 is 0 Å². The molecule has 5 nitrogen and oxygen atoms in total. The molecule has 0 saturated carbocycles. The fourth-order valence-electron chi connectivity index (χ4n) is 2.95. The monoisotopic (exact) mass is 374 g/mol. The third kappa shape index (κ3) is 4.18. The summed E-state index contributed by atoms with van der Waals surface area (Å²) in [5, 5.41) is 3.96. The van der Waals surface area contributed by atoms with E-state index in [0.29, 0.717) is 23.9 Å². The number of anilines is 1. The van der Waals surface area contributed by atoms with Gasteiger partial charge in [0.2, 0.25) is 0 Å². The van der Waals surface area contributed by atoms with Crippen molar-refractivity contribution in [1.29, 1.82) is 0 Å². The molecule has 26 heavy (non-hydrogen) atoms. The number of nitrogens with one attached hydrogen (secondary N) is 1. The second-order valence-corrected chi connectivity index (χ2v) is 6.74. The van der Waals surface area contributed by atoms with Crippen LogP contribution >= 0.6 is 11.6 Å². The highest BCUT2D eigenvalue weighted by Crippen LogP contribution is 2.31. The minimum Gasteiger partial charge on any atom is -0.478 e. The lowest BCUT2D eigenvalue weighted by atomic mass is 9.96. The predicted molar refractivity (Wildman–Crippen MR) is 103 cm³/mol. The Labute approximate surface area is 158 Å². The number of ether oxygens (including phenoxy) is 2. The molecule has 1 aliphatic rings. The minimum atomic E-state index is -0.521. The van der Waals surface area contributed by atoms with Gasteiger partial charge in [-0.15, -0.1) is 0 Å². The van der Waals surface area contributed by atoms with Gasteiger partial charge in [0.25, 0.3) is 5.91 Å². The molecule has 0 unspecified atom stereocenters. The molecule has 0 radical (unpaired) electrons. The van der Waals surface area contributed by atoms with Crippen molar-refractivity contribution in [3.05, 3.63) is 59.1 Å². The molecule has 1 fully saturated rings.